The maximum Gasteiger partial charge on any atom is 0.161 e. The fourth-order valence-electron chi connectivity index (χ4n) is 4.54. The van der Waals surface area contributed by atoms with Gasteiger partial charge in [0.2, 0.25) is 0 Å². The van der Waals surface area contributed by atoms with Gasteiger partial charge in [0, 0.05) is 12.5 Å². The Balaban J connectivity index is 1.60. The van der Waals surface area contributed by atoms with E-state index in [-0.39, 0.29) is 6.04 Å². The van der Waals surface area contributed by atoms with E-state index in [0.717, 1.165) is 43.0 Å². The lowest BCUT2D eigenvalue weighted by molar-refractivity contribution is 0.251. The first-order valence-electron chi connectivity index (χ1n) is 8.21. The summed E-state index contributed by atoms with van der Waals surface area (Å²) in [6, 6.07) is 6.53. The van der Waals surface area contributed by atoms with E-state index < -0.39 is 0 Å². The molecule has 2 fully saturated rings. The molecule has 0 radical (unpaired) electrons. The number of hydrogen-bond acceptors (Lipinski definition) is 4. The minimum atomic E-state index is 0.234. The molecule has 3 N–H and O–H groups in total. The SMILES string of the molecule is NNC(c1ccc2c(c1)OCCCO2)C1CC2CCC1C2. The summed E-state index contributed by atoms with van der Waals surface area (Å²) < 4.78 is 11.5. The largest absolute Gasteiger partial charge is 0.490 e. The summed E-state index contributed by atoms with van der Waals surface area (Å²) in [5, 5.41) is 0. The fourth-order valence-corrected chi connectivity index (χ4v) is 4.54. The molecule has 1 aliphatic heterocycles. The van der Waals surface area contributed by atoms with E-state index in [0.29, 0.717) is 5.92 Å². The molecule has 2 saturated carbocycles. The molecule has 0 aromatic heterocycles. The van der Waals surface area contributed by atoms with Crippen molar-refractivity contribution in [3.63, 3.8) is 0 Å². The van der Waals surface area contributed by atoms with Gasteiger partial charge >= 0.3 is 0 Å². The standard InChI is InChI=1S/C17H24N2O2/c18-19-17(14-9-11-2-3-12(14)8-11)13-4-5-15-16(10-13)21-7-1-6-20-15/h4-5,10-12,14,17,19H,1-3,6-9,18H2. The average Bonchev–Trinajstić information content (AvgIpc) is 3.05. The van der Waals surface area contributed by atoms with Gasteiger partial charge in [0.05, 0.1) is 13.2 Å². The van der Waals surface area contributed by atoms with Crippen molar-refractivity contribution in [3.8, 4) is 11.5 Å². The van der Waals surface area contributed by atoms with E-state index in [2.05, 4.69) is 17.6 Å². The molecule has 1 aromatic rings. The zero-order valence-electron chi connectivity index (χ0n) is 12.4. The number of ether oxygens (including phenoxy) is 2. The number of benzene rings is 1. The Kier molecular flexibility index (Phi) is 3.51. The summed E-state index contributed by atoms with van der Waals surface area (Å²) in [6.45, 7) is 1.46. The predicted octanol–water partition coefficient (Wildman–Crippen LogP) is 2.79. The van der Waals surface area contributed by atoms with E-state index in [1.54, 1.807) is 0 Å². The maximum absolute atomic E-state index is 5.90. The second-order valence-electron chi connectivity index (χ2n) is 6.74. The highest BCUT2D eigenvalue weighted by Gasteiger charge is 2.43. The van der Waals surface area contributed by atoms with Gasteiger partial charge < -0.3 is 9.47 Å². The summed E-state index contributed by atoms with van der Waals surface area (Å²) in [6.07, 6.45) is 6.44. The summed E-state index contributed by atoms with van der Waals surface area (Å²) >= 11 is 0. The summed E-state index contributed by atoms with van der Waals surface area (Å²) in [5.74, 6) is 10.1. The lowest BCUT2D eigenvalue weighted by Crippen LogP contribution is -2.35. The van der Waals surface area contributed by atoms with Crippen LogP contribution in [0.5, 0.6) is 11.5 Å². The number of nitrogens with two attached hydrogens (primary N) is 1. The van der Waals surface area contributed by atoms with Crippen LogP contribution >= 0.6 is 0 Å². The quantitative estimate of drug-likeness (QED) is 0.663. The Bertz CT molecular complexity index is 520. The van der Waals surface area contributed by atoms with Gasteiger partial charge in [-0.05, 0) is 54.7 Å². The van der Waals surface area contributed by atoms with E-state index in [4.69, 9.17) is 15.3 Å². The van der Waals surface area contributed by atoms with Crippen LogP contribution in [0.15, 0.2) is 18.2 Å². The lowest BCUT2D eigenvalue weighted by atomic mass is 9.80. The van der Waals surface area contributed by atoms with Crippen molar-refractivity contribution >= 4 is 0 Å². The Morgan fingerprint density at radius 2 is 1.95 bits per heavy atom. The van der Waals surface area contributed by atoms with E-state index in [1.807, 2.05) is 6.07 Å². The van der Waals surface area contributed by atoms with Crippen LogP contribution in [-0.4, -0.2) is 13.2 Å². The Morgan fingerprint density at radius 1 is 1.10 bits per heavy atom. The van der Waals surface area contributed by atoms with Crippen LogP contribution in [0, 0.1) is 17.8 Å². The molecular weight excluding hydrogens is 264 g/mol. The highest BCUT2D eigenvalue weighted by molar-refractivity contribution is 5.44. The summed E-state index contributed by atoms with van der Waals surface area (Å²) in [7, 11) is 0. The Labute approximate surface area is 126 Å². The molecule has 4 atom stereocenters. The predicted molar refractivity (Wildman–Crippen MR) is 81.1 cm³/mol. The van der Waals surface area contributed by atoms with Crippen molar-refractivity contribution in [2.45, 2.75) is 38.1 Å². The molecule has 4 rings (SSSR count). The molecule has 0 saturated heterocycles. The average molecular weight is 288 g/mol. The molecule has 4 nitrogen and oxygen atoms in total. The van der Waals surface area contributed by atoms with Gasteiger partial charge in [0.25, 0.3) is 0 Å². The second kappa shape index (κ2) is 5.50. The lowest BCUT2D eigenvalue weighted by Gasteiger charge is -2.30. The number of hydrogen-bond donors (Lipinski definition) is 2. The highest BCUT2D eigenvalue weighted by Crippen LogP contribution is 2.52. The fraction of sp³-hybridized carbons (Fsp3) is 0.647. The van der Waals surface area contributed by atoms with Crippen molar-refractivity contribution in [1.82, 2.24) is 5.43 Å². The Morgan fingerprint density at radius 3 is 2.67 bits per heavy atom. The van der Waals surface area contributed by atoms with Gasteiger partial charge in [0.15, 0.2) is 11.5 Å². The van der Waals surface area contributed by atoms with Crippen LogP contribution in [0.25, 0.3) is 0 Å². The minimum Gasteiger partial charge on any atom is -0.490 e. The molecule has 0 spiro atoms. The third-order valence-corrected chi connectivity index (χ3v) is 5.53. The Hall–Kier alpha value is -1.26. The van der Waals surface area contributed by atoms with Gasteiger partial charge in [-0.25, -0.2) is 0 Å². The third-order valence-electron chi connectivity index (χ3n) is 5.53. The van der Waals surface area contributed by atoms with Gasteiger partial charge in [0.1, 0.15) is 0 Å². The molecule has 21 heavy (non-hydrogen) atoms. The molecule has 4 heteroatoms. The van der Waals surface area contributed by atoms with Gasteiger partial charge in [-0.1, -0.05) is 12.5 Å². The van der Waals surface area contributed by atoms with Crippen LogP contribution in [0.2, 0.25) is 0 Å². The van der Waals surface area contributed by atoms with Gasteiger partial charge in [-0.3, -0.25) is 11.3 Å². The summed E-state index contributed by atoms with van der Waals surface area (Å²) in [5.41, 5.74) is 4.31. The molecule has 1 heterocycles. The van der Waals surface area contributed by atoms with Crippen molar-refractivity contribution in [2.24, 2.45) is 23.6 Å². The molecule has 2 bridgehead atoms. The van der Waals surface area contributed by atoms with Gasteiger partial charge in [-0.15, -0.1) is 0 Å². The zero-order chi connectivity index (χ0) is 14.2. The smallest absolute Gasteiger partial charge is 0.161 e. The van der Waals surface area contributed by atoms with Crippen LogP contribution < -0.4 is 20.7 Å². The van der Waals surface area contributed by atoms with Crippen molar-refractivity contribution < 1.29 is 9.47 Å². The number of rotatable bonds is 3. The van der Waals surface area contributed by atoms with Crippen LogP contribution in [0.3, 0.4) is 0 Å². The number of hydrazine groups is 1. The zero-order valence-corrected chi connectivity index (χ0v) is 12.4. The highest BCUT2D eigenvalue weighted by atomic mass is 16.5. The number of nitrogens with one attached hydrogen (secondary N) is 1. The first kappa shape index (κ1) is 13.4. The topological polar surface area (TPSA) is 56.5 Å². The third kappa shape index (κ3) is 2.40. The summed E-state index contributed by atoms with van der Waals surface area (Å²) in [4.78, 5) is 0. The molecule has 114 valence electrons. The van der Waals surface area contributed by atoms with Crippen LogP contribution in [0.4, 0.5) is 0 Å². The van der Waals surface area contributed by atoms with Crippen LogP contribution in [-0.2, 0) is 0 Å². The van der Waals surface area contributed by atoms with Crippen LogP contribution in [0.1, 0.15) is 43.7 Å². The molecule has 0 amide bonds. The monoisotopic (exact) mass is 288 g/mol. The maximum atomic E-state index is 5.90. The van der Waals surface area contributed by atoms with Crippen molar-refractivity contribution in [1.29, 1.82) is 0 Å². The van der Waals surface area contributed by atoms with E-state index in [9.17, 15) is 0 Å². The molecule has 4 unspecified atom stereocenters. The molecular formula is C17H24N2O2. The second-order valence-corrected chi connectivity index (χ2v) is 6.74. The van der Waals surface area contributed by atoms with Gasteiger partial charge in [-0.2, -0.15) is 0 Å². The molecule has 3 aliphatic rings. The molecule has 2 aliphatic carbocycles. The normalized spacial score (nSPS) is 32.0. The molecule has 1 aromatic carbocycles. The number of fused-ring (bicyclic) bond motifs is 3. The van der Waals surface area contributed by atoms with E-state index >= 15 is 0 Å². The minimum absolute atomic E-state index is 0.234. The van der Waals surface area contributed by atoms with E-state index in [1.165, 1.54) is 31.2 Å². The first-order chi connectivity index (χ1) is 10.3. The first-order valence-corrected chi connectivity index (χ1v) is 8.21. The van der Waals surface area contributed by atoms with Crippen molar-refractivity contribution in [2.75, 3.05) is 13.2 Å². The van der Waals surface area contributed by atoms with Crippen molar-refractivity contribution in [3.05, 3.63) is 23.8 Å².